The Morgan fingerprint density at radius 1 is 0.773 bits per heavy atom. The molecule has 2 N–H and O–H groups in total. The molecule has 6 heteroatoms. The van der Waals surface area contributed by atoms with Gasteiger partial charge in [0.25, 0.3) is 0 Å². The molecule has 0 saturated heterocycles. The molecule has 0 saturated carbocycles. The molecule has 0 spiro atoms. The van der Waals surface area contributed by atoms with Gasteiger partial charge in [-0.05, 0) is 46.2 Å². The van der Waals surface area contributed by atoms with E-state index in [9.17, 15) is 0 Å². The van der Waals surface area contributed by atoms with E-state index < -0.39 is 0 Å². The van der Waals surface area contributed by atoms with E-state index >= 15 is 0 Å². The molecule has 112 valence electrons. The summed E-state index contributed by atoms with van der Waals surface area (Å²) < 4.78 is 0. The van der Waals surface area contributed by atoms with Gasteiger partial charge in [0.1, 0.15) is 17.5 Å². The van der Waals surface area contributed by atoms with E-state index in [1.807, 2.05) is 40.7 Å². The van der Waals surface area contributed by atoms with Gasteiger partial charge in [0.05, 0.1) is 22.6 Å². The molecule has 0 aliphatic carbocycles. The lowest BCUT2D eigenvalue weighted by Crippen LogP contribution is -2.04. The molecule has 6 nitrogen and oxygen atoms in total. The fourth-order valence-corrected chi connectivity index (χ4v) is 2.84. The summed E-state index contributed by atoms with van der Waals surface area (Å²) in [4.78, 5) is 22.2. The first kappa shape index (κ1) is 14.3. The lowest BCUT2D eigenvalue weighted by molar-refractivity contribution is 1.01. The number of nitrogen functional groups attached to an aromatic ring is 1. The second-order valence-corrected chi connectivity index (χ2v) is 5.50. The number of aromatic nitrogens is 5. The van der Waals surface area contributed by atoms with Crippen LogP contribution < -0.4 is 5.73 Å². The monoisotopic (exact) mass is 294 g/mol. The minimum atomic E-state index is 0.443. The van der Waals surface area contributed by atoms with Crippen LogP contribution in [0, 0.1) is 34.6 Å². The Morgan fingerprint density at radius 3 is 2.09 bits per heavy atom. The number of fused-ring (bicyclic) bond motifs is 1. The molecule has 0 fully saturated rings. The molecule has 0 aromatic carbocycles. The molecule has 22 heavy (non-hydrogen) atoms. The van der Waals surface area contributed by atoms with Gasteiger partial charge in [0.2, 0.25) is 0 Å². The lowest BCUT2D eigenvalue weighted by Gasteiger charge is -2.12. The maximum absolute atomic E-state index is 6.08. The molecule has 0 atom stereocenters. The smallest absolute Gasteiger partial charge is 0.163 e. The molecule has 0 aliphatic rings. The highest BCUT2D eigenvalue weighted by molar-refractivity contribution is 5.85. The van der Waals surface area contributed by atoms with Crippen LogP contribution in [0.5, 0.6) is 0 Å². The summed E-state index contributed by atoms with van der Waals surface area (Å²) in [6.45, 7) is 9.61. The van der Waals surface area contributed by atoms with Gasteiger partial charge in [-0.1, -0.05) is 0 Å². The van der Waals surface area contributed by atoms with E-state index in [1.165, 1.54) is 0 Å². The highest BCUT2D eigenvalue weighted by Gasteiger charge is 2.15. The van der Waals surface area contributed by atoms with Crippen LogP contribution in [-0.4, -0.2) is 24.9 Å². The number of pyridine rings is 1. The summed E-state index contributed by atoms with van der Waals surface area (Å²) in [7, 11) is 0. The van der Waals surface area contributed by atoms with Crippen molar-refractivity contribution in [2.75, 3.05) is 5.73 Å². The number of aryl methyl sites for hydroxylation is 5. The minimum absolute atomic E-state index is 0.443. The van der Waals surface area contributed by atoms with E-state index in [4.69, 9.17) is 5.73 Å². The number of nitrogens with zero attached hydrogens (tertiary/aromatic N) is 5. The molecule has 0 bridgehead atoms. The van der Waals surface area contributed by atoms with Crippen molar-refractivity contribution in [3.05, 3.63) is 34.7 Å². The molecule has 0 aliphatic heterocycles. The molecule has 0 unspecified atom stereocenters. The van der Waals surface area contributed by atoms with Crippen molar-refractivity contribution in [2.24, 2.45) is 0 Å². The SMILES string of the molecule is Cc1nc(C)c(-c2cc(C)c3c(C)nc(C)nc3n2)c(N)n1. The summed E-state index contributed by atoms with van der Waals surface area (Å²) in [5.74, 6) is 1.81. The second-order valence-electron chi connectivity index (χ2n) is 5.50. The van der Waals surface area contributed by atoms with Crippen molar-refractivity contribution in [3.63, 3.8) is 0 Å². The third-order valence-corrected chi connectivity index (χ3v) is 3.64. The van der Waals surface area contributed by atoms with Crippen molar-refractivity contribution in [3.8, 4) is 11.3 Å². The van der Waals surface area contributed by atoms with Gasteiger partial charge in [-0.15, -0.1) is 0 Å². The van der Waals surface area contributed by atoms with Crippen LogP contribution in [0.4, 0.5) is 5.82 Å². The van der Waals surface area contributed by atoms with Gasteiger partial charge in [-0.3, -0.25) is 0 Å². The van der Waals surface area contributed by atoms with Gasteiger partial charge >= 0.3 is 0 Å². The summed E-state index contributed by atoms with van der Waals surface area (Å²) >= 11 is 0. The van der Waals surface area contributed by atoms with Crippen molar-refractivity contribution < 1.29 is 0 Å². The zero-order chi connectivity index (χ0) is 16.0. The normalized spacial score (nSPS) is 11.1. The molecular weight excluding hydrogens is 276 g/mol. The predicted octanol–water partition coefficient (Wildman–Crippen LogP) is 2.61. The van der Waals surface area contributed by atoms with Crippen molar-refractivity contribution >= 4 is 16.9 Å². The molecule has 3 aromatic rings. The molecule has 0 radical (unpaired) electrons. The molecular formula is C16H18N6. The van der Waals surface area contributed by atoms with E-state index in [0.29, 0.717) is 23.1 Å². The van der Waals surface area contributed by atoms with Crippen molar-refractivity contribution in [1.29, 1.82) is 0 Å². The highest BCUT2D eigenvalue weighted by atomic mass is 15.0. The van der Waals surface area contributed by atoms with Crippen LogP contribution in [0.3, 0.4) is 0 Å². The average molecular weight is 294 g/mol. The Hall–Kier alpha value is -2.63. The van der Waals surface area contributed by atoms with E-state index in [1.54, 1.807) is 0 Å². The average Bonchev–Trinajstić information content (AvgIpc) is 2.35. The van der Waals surface area contributed by atoms with Gasteiger partial charge in [-0.25, -0.2) is 24.9 Å². The molecule has 3 aromatic heterocycles. The maximum atomic E-state index is 6.08. The number of rotatable bonds is 1. The lowest BCUT2D eigenvalue weighted by atomic mass is 10.1. The Bertz CT molecular complexity index is 878. The minimum Gasteiger partial charge on any atom is -0.383 e. The number of hydrogen-bond donors (Lipinski definition) is 1. The fraction of sp³-hybridized carbons (Fsp3) is 0.312. The largest absolute Gasteiger partial charge is 0.383 e. The Kier molecular flexibility index (Phi) is 3.24. The van der Waals surface area contributed by atoms with Crippen LogP contribution in [0.15, 0.2) is 6.07 Å². The summed E-state index contributed by atoms with van der Waals surface area (Å²) in [6, 6.07) is 1.99. The quantitative estimate of drug-likeness (QED) is 0.742. The van der Waals surface area contributed by atoms with Crippen LogP contribution in [0.1, 0.15) is 28.6 Å². The summed E-state index contributed by atoms with van der Waals surface area (Å²) in [5.41, 5.74) is 11.1. The van der Waals surface area contributed by atoms with Crippen molar-refractivity contribution in [1.82, 2.24) is 24.9 Å². The van der Waals surface area contributed by atoms with E-state index in [2.05, 4.69) is 24.9 Å². The Labute approximate surface area is 128 Å². The van der Waals surface area contributed by atoms with Crippen LogP contribution in [0.25, 0.3) is 22.3 Å². The summed E-state index contributed by atoms with van der Waals surface area (Å²) in [5, 5.41) is 0.985. The van der Waals surface area contributed by atoms with Crippen LogP contribution in [0.2, 0.25) is 0 Å². The summed E-state index contributed by atoms with van der Waals surface area (Å²) in [6.07, 6.45) is 0. The number of nitrogens with two attached hydrogens (primary N) is 1. The number of anilines is 1. The first-order valence-corrected chi connectivity index (χ1v) is 7.10. The first-order chi connectivity index (χ1) is 10.4. The zero-order valence-corrected chi connectivity index (χ0v) is 13.4. The van der Waals surface area contributed by atoms with Crippen LogP contribution >= 0.6 is 0 Å². The third kappa shape index (κ3) is 2.26. The maximum Gasteiger partial charge on any atom is 0.163 e. The highest BCUT2D eigenvalue weighted by Crippen LogP contribution is 2.29. The van der Waals surface area contributed by atoms with Crippen LogP contribution in [-0.2, 0) is 0 Å². The van der Waals surface area contributed by atoms with Gasteiger partial charge in [-0.2, -0.15) is 0 Å². The standard InChI is InChI=1S/C16H18N6/c1-7-6-12(14-9(3)19-10(4)20-15(14)17)22-16-13(7)8(2)18-11(5)21-16/h6H,1-5H3,(H2,17,19,20). The Morgan fingerprint density at radius 2 is 1.41 bits per heavy atom. The topological polar surface area (TPSA) is 90.5 Å². The van der Waals surface area contributed by atoms with Gasteiger partial charge in [0, 0.05) is 5.39 Å². The first-order valence-electron chi connectivity index (χ1n) is 7.10. The van der Waals surface area contributed by atoms with E-state index in [0.717, 1.165) is 33.6 Å². The fourth-order valence-electron chi connectivity index (χ4n) is 2.84. The molecule has 3 heterocycles. The van der Waals surface area contributed by atoms with E-state index in [-0.39, 0.29) is 0 Å². The molecule has 0 amide bonds. The van der Waals surface area contributed by atoms with Gasteiger partial charge < -0.3 is 5.73 Å². The van der Waals surface area contributed by atoms with Gasteiger partial charge in [0.15, 0.2) is 5.65 Å². The predicted molar refractivity (Wildman–Crippen MR) is 86.5 cm³/mol. The number of hydrogen-bond acceptors (Lipinski definition) is 6. The zero-order valence-electron chi connectivity index (χ0n) is 13.4. The second kappa shape index (κ2) is 4.98. The third-order valence-electron chi connectivity index (χ3n) is 3.64. The van der Waals surface area contributed by atoms with Crippen molar-refractivity contribution in [2.45, 2.75) is 34.6 Å². The molecule has 3 rings (SSSR count). The Balaban J connectivity index is 2.34.